The molecule has 7 heteroatoms. The lowest BCUT2D eigenvalue weighted by Crippen LogP contribution is -2.56. The molecule has 2 saturated heterocycles. The smallest absolute Gasteiger partial charge is 0.257 e. The number of carbonyl (C=O) groups excluding carboxylic acids is 2. The standard InChI is InChI=1S/C21H30N2O5/c1-3-27-12-13-28-18-7-5-4-6-17(18)19(25)23-10-8-21(9-11-23)14-16(24)15-22(2)20(21)26/h4-7,16,24H,3,8-15H2,1-2H3. The van der Waals surface area contributed by atoms with Gasteiger partial charge in [0.1, 0.15) is 12.4 Å². The molecule has 154 valence electrons. The zero-order chi connectivity index (χ0) is 20.1. The summed E-state index contributed by atoms with van der Waals surface area (Å²) in [6.45, 7) is 4.80. The molecule has 0 bridgehead atoms. The van der Waals surface area contributed by atoms with Crippen molar-refractivity contribution in [2.24, 2.45) is 5.41 Å². The van der Waals surface area contributed by atoms with Crippen molar-refractivity contribution in [1.29, 1.82) is 0 Å². The summed E-state index contributed by atoms with van der Waals surface area (Å²) in [7, 11) is 1.74. The number of likely N-dealkylation sites (N-methyl/N-ethyl adjacent to an activating group) is 1. The van der Waals surface area contributed by atoms with Crippen molar-refractivity contribution >= 4 is 11.8 Å². The minimum Gasteiger partial charge on any atom is -0.490 e. The summed E-state index contributed by atoms with van der Waals surface area (Å²) in [5, 5.41) is 10.1. The molecule has 2 amide bonds. The Labute approximate surface area is 166 Å². The van der Waals surface area contributed by atoms with Crippen LogP contribution in [0, 0.1) is 5.41 Å². The Kier molecular flexibility index (Phi) is 6.57. The number of ether oxygens (including phenoxy) is 2. The number of aliphatic hydroxyl groups is 1. The van der Waals surface area contributed by atoms with Gasteiger partial charge in [0, 0.05) is 33.3 Å². The number of rotatable bonds is 6. The Bertz CT molecular complexity index is 700. The first-order valence-electron chi connectivity index (χ1n) is 9.99. The lowest BCUT2D eigenvalue weighted by Gasteiger charge is -2.47. The third kappa shape index (κ3) is 4.31. The van der Waals surface area contributed by atoms with E-state index in [9.17, 15) is 14.7 Å². The van der Waals surface area contributed by atoms with E-state index in [2.05, 4.69) is 0 Å². The number of carbonyl (C=O) groups is 2. The first-order chi connectivity index (χ1) is 13.5. The third-order valence-corrected chi connectivity index (χ3v) is 5.73. The van der Waals surface area contributed by atoms with Crippen molar-refractivity contribution in [2.75, 3.05) is 46.5 Å². The predicted octanol–water partition coefficient (Wildman–Crippen LogP) is 1.55. The fourth-order valence-electron chi connectivity index (χ4n) is 4.26. The highest BCUT2D eigenvalue weighted by molar-refractivity contribution is 5.97. The van der Waals surface area contributed by atoms with Gasteiger partial charge in [-0.25, -0.2) is 0 Å². The van der Waals surface area contributed by atoms with Gasteiger partial charge in [-0.15, -0.1) is 0 Å². The first-order valence-corrected chi connectivity index (χ1v) is 9.99. The number of hydrogen-bond acceptors (Lipinski definition) is 5. The van der Waals surface area contributed by atoms with Crippen molar-refractivity contribution in [2.45, 2.75) is 32.3 Å². The number of β-amino-alcohol motifs (C(OH)–C–C–N with tert-alkyl or cyclic N) is 1. The molecule has 1 aromatic rings. The van der Waals surface area contributed by atoms with E-state index in [-0.39, 0.29) is 11.8 Å². The Balaban J connectivity index is 1.65. The Morgan fingerprint density at radius 2 is 1.96 bits per heavy atom. The highest BCUT2D eigenvalue weighted by Gasteiger charge is 2.48. The lowest BCUT2D eigenvalue weighted by atomic mass is 9.71. The molecule has 2 fully saturated rings. The van der Waals surface area contributed by atoms with Gasteiger partial charge >= 0.3 is 0 Å². The van der Waals surface area contributed by atoms with E-state index in [0.717, 1.165) is 0 Å². The van der Waals surface area contributed by atoms with Gasteiger partial charge in [0.15, 0.2) is 0 Å². The second-order valence-corrected chi connectivity index (χ2v) is 7.66. The van der Waals surface area contributed by atoms with E-state index >= 15 is 0 Å². The van der Waals surface area contributed by atoms with Gasteiger partial charge in [0.05, 0.1) is 23.7 Å². The maximum absolute atomic E-state index is 13.1. The third-order valence-electron chi connectivity index (χ3n) is 5.73. The van der Waals surface area contributed by atoms with Crippen molar-refractivity contribution in [3.63, 3.8) is 0 Å². The maximum Gasteiger partial charge on any atom is 0.257 e. The van der Waals surface area contributed by atoms with Crippen molar-refractivity contribution in [3.05, 3.63) is 29.8 Å². The van der Waals surface area contributed by atoms with Gasteiger partial charge in [-0.3, -0.25) is 9.59 Å². The number of piperidine rings is 2. The van der Waals surface area contributed by atoms with Crippen LogP contribution in [0.3, 0.4) is 0 Å². The highest BCUT2D eigenvalue weighted by atomic mass is 16.5. The number of nitrogens with zero attached hydrogens (tertiary/aromatic N) is 2. The molecule has 0 saturated carbocycles. The summed E-state index contributed by atoms with van der Waals surface area (Å²) >= 11 is 0. The summed E-state index contributed by atoms with van der Waals surface area (Å²) in [5.74, 6) is 0.556. The van der Waals surface area contributed by atoms with E-state index in [1.807, 2.05) is 19.1 Å². The number of likely N-dealkylation sites (tertiary alicyclic amines) is 2. The second-order valence-electron chi connectivity index (χ2n) is 7.66. The first kappa shape index (κ1) is 20.6. The van der Waals surface area contributed by atoms with Gasteiger partial charge in [0.2, 0.25) is 5.91 Å². The molecular formula is C21H30N2O5. The van der Waals surface area contributed by atoms with Crippen LogP contribution in [0.5, 0.6) is 5.75 Å². The highest BCUT2D eigenvalue weighted by Crippen LogP contribution is 2.41. The molecule has 1 N–H and O–H groups in total. The van der Waals surface area contributed by atoms with Gasteiger partial charge in [-0.1, -0.05) is 12.1 Å². The molecule has 1 atom stereocenters. The van der Waals surface area contributed by atoms with Gasteiger partial charge in [0.25, 0.3) is 5.91 Å². The normalized spacial score (nSPS) is 21.8. The molecule has 1 spiro atoms. The van der Waals surface area contributed by atoms with Crippen LogP contribution in [0.25, 0.3) is 0 Å². The van der Waals surface area contributed by atoms with Crippen LogP contribution in [0.1, 0.15) is 36.5 Å². The van der Waals surface area contributed by atoms with Crippen LogP contribution in [0.15, 0.2) is 24.3 Å². The summed E-state index contributed by atoms with van der Waals surface area (Å²) in [6, 6.07) is 7.23. The minimum absolute atomic E-state index is 0.0842. The minimum atomic E-state index is -0.545. The van der Waals surface area contributed by atoms with Crippen LogP contribution in [0.4, 0.5) is 0 Å². The van der Waals surface area contributed by atoms with Crippen LogP contribution < -0.4 is 4.74 Å². The summed E-state index contributed by atoms with van der Waals surface area (Å²) in [5.41, 5.74) is -0.0152. The number of hydrogen-bond donors (Lipinski definition) is 1. The molecule has 3 rings (SSSR count). The van der Waals surface area contributed by atoms with Crippen LogP contribution in [-0.2, 0) is 9.53 Å². The zero-order valence-corrected chi connectivity index (χ0v) is 16.7. The summed E-state index contributed by atoms with van der Waals surface area (Å²) in [6.07, 6.45) is 1.14. The molecule has 7 nitrogen and oxygen atoms in total. The van der Waals surface area contributed by atoms with E-state index in [4.69, 9.17) is 9.47 Å². The second kappa shape index (κ2) is 8.92. The molecule has 28 heavy (non-hydrogen) atoms. The van der Waals surface area contributed by atoms with Crippen molar-refractivity contribution in [3.8, 4) is 5.75 Å². The van der Waals surface area contributed by atoms with Crippen LogP contribution in [0.2, 0.25) is 0 Å². The topological polar surface area (TPSA) is 79.3 Å². The number of para-hydroxylation sites is 1. The summed E-state index contributed by atoms with van der Waals surface area (Å²) in [4.78, 5) is 29.2. The molecule has 2 heterocycles. The van der Waals surface area contributed by atoms with E-state index in [1.54, 1.807) is 29.0 Å². The van der Waals surface area contributed by atoms with Crippen molar-refractivity contribution in [1.82, 2.24) is 9.80 Å². The SMILES string of the molecule is CCOCCOc1ccccc1C(=O)N1CCC2(CC1)CC(O)CN(C)C2=O. The van der Waals surface area contributed by atoms with Crippen LogP contribution >= 0.6 is 0 Å². The van der Waals surface area contributed by atoms with Gasteiger partial charge in [-0.2, -0.15) is 0 Å². The predicted molar refractivity (Wildman–Crippen MR) is 104 cm³/mol. The quantitative estimate of drug-likeness (QED) is 0.746. The largest absolute Gasteiger partial charge is 0.490 e. The average molecular weight is 390 g/mol. The fraction of sp³-hybridized carbons (Fsp3) is 0.619. The number of aliphatic hydroxyl groups excluding tert-OH is 1. The van der Waals surface area contributed by atoms with Gasteiger partial charge < -0.3 is 24.4 Å². The van der Waals surface area contributed by atoms with E-state index in [0.29, 0.717) is 70.0 Å². The average Bonchev–Trinajstić information content (AvgIpc) is 2.70. The van der Waals surface area contributed by atoms with Gasteiger partial charge in [-0.05, 0) is 38.3 Å². The maximum atomic E-state index is 13.1. The molecule has 1 unspecified atom stereocenters. The van der Waals surface area contributed by atoms with E-state index < -0.39 is 11.5 Å². The van der Waals surface area contributed by atoms with Crippen molar-refractivity contribution < 1.29 is 24.2 Å². The molecule has 0 aromatic heterocycles. The lowest BCUT2D eigenvalue weighted by molar-refractivity contribution is -0.154. The zero-order valence-electron chi connectivity index (χ0n) is 16.7. The molecule has 2 aliphatic rings. The molecular weight excluding hydrogens is 360 g/mol. The molecule has 2 aliphatic heterocycles. The molecule has 0 radical (unpaired) electrons. The van der Waals surface area contributed by atoms with Crippen LogP contribution in [-0.4, -0.2) is 79.3 Å². The summed E-state index contributed by atoms with van der Waals surface area (Å²) < 4.78 is 11.0. The Morgan fingerprint density at radius 1 is 1.25 bits per heavy atom. The Hall–Kier alpha value is -2.12. The molecule has 0 aliphatic carbocycles. The number of benzene rings is 1. The number of amides is 2. The fourth-order valence-corrected chi connectivity index (χ4v) is 4.26. The molecule has 1 aromatic carbocycles. The Morgan fingerprint density at radius 3 is 2.68 bits per heavy atom. The van der Waals surface area contributed by atoms with E-state index in [1.165, 1.54) is 0 Å². The monoisotopic (exact) mass is 390 g/mol.